The number of allylic oxidation sites excluding steroid dienone is 3. The number of ketones is 1. The van der Waals surface area contributed by atoms with Gasteiger partial charge in [0.05, 0.1) is 11.7 Å². The minimum atomic E-state index is -0.522. The van der Waals surface area contributed by atoms with Gasteiger partial charge in [-0.3, -0.25) is 4.79 Å². The zero-order valence-electron chi connectivity index (χ0n) is 15.9. The Morgan fingerprint density at radius 3 is 2.41 bits per heavy atom. The first-order valence-corrected chi connectivity index (χ1v) is 9.84. The van der Waals surface area contributed by atoms with Crippen LogP contribution in [0.2, 0.25) is 10.0 Å². The van der Waals surface area contributed by atoms with Crippen molar-refractivity contribution in [3.63, 3.8) is 0 Å². The number of hydrogen-bond donors (Lipinski definition) is 0. The van der Waals surface area contributed by atoms with Crippen LogP contribution in [0.3, 0.4) is 0 Å². The maximum absolute atomic E-state index is 13.0. The van der Waals surface area contributed by atoms with E-state index >= 15 is 0 Å². The van der Waals surface area contributed by atoms with Crippen molar-refractivity contribution >= 4 is 35.0 Å². The Labute approximate surface area is 169 Å². The van der Waals surface area contributed by atoms with Crippen molar-refractivity contribution in [3.8, 4) is 0 Å². The Morgan fingerprint density at radius 1 is 1.19 bits per heavy atom. The number of ether oxygens (including phenoxy) is 1. The van der Waals surface area contributed by atoms with Crippen LogP contribution >= 0.6 is 23.2 Å². The Morgan fingerprint density at radius 2 is 1.81 bits per heavy atom. The summed E-state index contributed by atoms with van der Waals surface area (Å²) in [5.41, 5.74) is 3.61. The number of carbonyl (C=O) groups excluding carboxylic acids is 2. The lowest BCUT2D eigenvalue weighted by Crippen LogP contribution is -2.36. The lowest BCUT2D eigenvalue weighted by atomic mass is 9.74. The van der Waals surface area contributed by atoms with E-state index in [2.05, 4.69) is 0 Å². The predicted octanol–water partition coefficient (Wildman–Crippen LogP) is 5.26. The van der Waals surface area contributed by atoms with E-state index < -0.39 is 11.9 Å². The van der Waals surface area contributed by atoms with Gasteiger partial charge in [-0.1, -0.05) is 23.2 Å². The van der Waals surface area contributed by atoms with Crippen molar-refractivity contribution in [2.24, 2.45) is 0 Å². The van der Waals surface area contributed by atoms with Crippen LogP contribution in [0.25, 0.3) is 0 Å². The number of esters is 1. The minimum absolute atomic E-state index is 0.0616. The van der Waals surface area contributed by atoms with E-state index in [-0.39, 0.29) is 11.9 Å². The second-order valence-electron chi connectivity index (χ2n) is 7.29. The van der Waals surface area contributed by atoms with Gasteiger partial charge in [0.15, 0.2) is 5.78 Å². The number of benzene rings is 1. The highest BCUT2D eigenvalue weighted by atomic mass is 35.5. The van der Waals surface area contributed by atoms with Crippen LogP contribution in [-0.2, 0) is 14.3 Å². The zero-order valence-corrected chi connectivity index (χ0v) is 17.4. The van der Waals surface area contributed by atoms with E-state index in [9.17, 15) is 9.59 Å². The second kappa shape index (κ2) is 7.69. The normalized spacial score (nSPS) is 20.3. The van der Waals surface area contributed by atoms with Gasteiger partial charge in [-0.05, 0) is 57.4 Å². The van der Waals surface area contributed by atoms with Gasteiger partial charge in [0.1, 0.15) is 0 Å². The molecular weight excluding hydrogens is 385 g/mol. The summed E-state index contributed by atoms with van der Waals surface area (Å²) < 4.78 is 5.51. The molecule has 1 aromatic carbocycles. The van der Waals surface area contributed by atoms with Crippen LogP contribution in [0, 0.1) is 0 Å². The van der Waals surface area contributed by atoms with Gasteiger partial charge in [0.25, 0.3) is 0 Å². The second-order valence-corrected chi connectivity index (χ2v) is 8.16. The first kappa shape index (κ1) is 20.0. The van der Waals surface area contributed by atoms with E-state index in [1.54, 1.807) is 18.2 Å². The minimum Gasteiger partial charge on any atom is -0.460 e. The molecule has 3 rings (SSSR count). The Kier molecular flexibility index (Phi) is 5.68. The van der Waals surface area contributed by atoms with Crippen molar-refractivity contribution in [2.45, 2.75) is 52.1 Å². The molecule has 6 heteroatoms. The summed E-state index contributed by atoms with van der Waals surface area (Å²) in [7, 11) is 1.90. The highest BCUT2D eigenvalue weighted by Crippen LogP contribution is 2.46. The summed E-state index contributed by atoms with van der Waals surface area (Å²) in [5, 5.41) is 0.937. The number of halogens is 2. The van der Waals surface area contributed by atoms with Gasteiger partial charge >= 0.3 is 5.97 Å². The molecule has 1 heterocycles. The highest BCUT2D eigenvalue weighted by Gasteiger charge is 2.41. The van der Waals surface area contributed by atoms with E-state index in [0.717, 1.165) is 29.8 Å². The quantitative estimate of drug-likeness (QED) is 0.641. The number of carbonyl (C=O) groups is 2. The average molecular weight is 408 g/mol. The summed E-state index contributed by atoms with van der Waals surface area (Å²) in [6.45, 7) is 5.50. The zero-order chi connectivity index (χ0) is 19.9. The molecule has 0 N–H and O–H groups in total. The number of hydrogen-bond acceptors (Lipinski definition) is 4. The monoisotopic (exact) mass is 407 g/mol. The molecule has 27 heavy (non-hydrogen) atoms. The standard InChI is InChI=1S/C21H23Cl2NO3/c1-11(2)27-21(26)18-12(3)24(4)16-6-5-7-17(25)20(16)19(18)13-8-14(22)10-15(23)9-13/h8-11,19H,5-7H2,1-4H3. The fourth-order valence-corrected chi connectivity index (χ4v) is 4.42. The molecule has 0 fully saturated rings. The third kappa shape index (κ3) is 3.78. The molecule has 0 radical (unpaired) electrons. The third-order valence-electron chi connectivity index (χ3n) is 5.08. The van der Waals surface area contributed by atoms with Crippen LogP contribution in [-0.4, -0.2) is 29.8 Å². The maximum atomic E-state index is 13.0. The van der Waals surface area contributed by atoms with Crippen molar-refractivity contribution in [3.05, 3.63) is 56.3 Å². The molecule has 1 unspecified atom stereocenters. The van der Waals surface area contributed by atoms with Gasteiger partial charge in [-0.25, -0.2) is 4.79 Å². The molecule has 0 bridgehead atoms. The average Bonchev–Trinajstić information content (AvgIpc) is 2.56. The van der Waals surface area contributed by atoms with Crippen molar-refractivity contribution in [1.29, 1.82) is 0 Å². The van der Waals surface area contributed by atoms with Crippen LogP contribution in [0.15, 0.2) is 40.7 Å². The fraction of sp³-hybridized carbons (Fsp3) is 0.429. The lowest BCUT2D eigenvalue weighted by molar-refractivity contribution is -0.143. The van der Waals surface area contributed by atoms with Gasteiger partial charge in [-0.15, -0.1) is 0 Å². The fourth-order valence-electron chi connectivity index (χ4n) is 3.88. The topological polar surface area (TPSA) is 46.6 Å². The molecule has 0 saturated carbocycles. The van der Waals surface area contributed by atoms with E-state index in [0.29, 0.717) is 27.6 Å². The van der Waals surface area contributed by atoms with Gasteiger partial charge in [0.2, 0.25) is 0 Å². The molecule has 1 aliphatic carbocycles. The molecule has 0 spiro atoms. The lowest BCUT2D eigenvalue weighted by Gasteiger charge is -2.39. The molecule has 144 valence electrons. The molecule has 1 aromatic rings. The number of nitrogens with zero attached hydrogens (tertiary/aromatic N) is 1. The molecule has 1 aliphatic heterocycles. The largest absolute Gasteiger partial charge is 0.460 e. The Bertz CT molecular complexity index is 850. The molecule has 4 nitrogen and oxygen atoms in total. The predicted molar refractivity (Wildman–Crippen MR) is 107 cm³/mol. The summed E-state index contributed by atoms with van der Waals surface area (Å²) in [4.78, 5) is 27.8. The number of Topliss-reactive ketones (excluding diaryl/α,β-unsaturated/α-hetero) is 1. The van der Waals surface area contributed by atoms with Crippen molar-refractivity contribution in [1.82, 2.24) is 4.90 Å². The maximum Gasteiger partial charge on any atom is 0.337 e. The third-order valence-corrected chi connectivity index (χ3v) is 5.52. The van der Waals surface area contributed by atoms with Crippen molar-refractivity contribution < 1.29 is 14.3 Å². The summed E-state index contributed by atoms with van der Waals surface area (Å²) in [5.74, 6) is -0.877. The van der Waals surface area contributed by atoms with Crippen LogP contribution in [0.5, 0.6) is 0 Å². The Balaban J connectivity index is 2.24. The van der Waals surface area contributed by atoms with Gasteiger partial charge in [0, 0.05) is 46.4 Å². The molecule has 1 atom stereocenters. The number of rotatable bonds is 3. The smallest absolute Gasteiger partial charge is 0.337 e. The van der Waals surface area contributed by atoms with Gasteiger partial charge in [-0.2, -0.15) is 0 Å². The van der Waals surface area contributed by atoms with E-state index in [1.165, 1.54) is 0 Å². The van der Waals surface area contributed by atoms with Crippen LogP contribution < -0.4 is 0 Å². The Hall–Kier alpha value is -1.78. The van der Waals surface area contributed by atoms with E-state index in [4.69, 9.17) is 27.9 Å². The molecule has 2 aliphatic rings. The first-order chi connectivity index (χ1) is 12.7. The molecular formula is C21H23Cl2NO3. The van der Waals surface area contributed by atoms with Crippen LogP contribution in [0.1, 0.15) is 51.5 Å². The summed E-state index contributed by atoms with van der Waals surface area (Å²) in [6.07, 6.45) is 1.82. The molecule has 0 amide bonds. The van der Waals surface area contributed by atoms with Crippen molar-refractivity contribution in [2.75, 3.05) is 7.05 Å². The SMILES string of the molecule is CC1=C(C(=O)OC(C)C)C(c2cc(Cl)cc(Cl)c2)C2=C(CCCC2=O)N1C. The highest BCUT2D eigenvalue weighted by molar-refractivity contribution is 6.34. The summed E-state index contributed by atoms with van der Waals surface area (Å²) >= 11 is 12.5. The first-order valence-electron chi connectivity index (χ1n) is 9.08. The van der Waals surface area contributed by atoms with E-state index in [1.807, 2.05) is 32.7 Å². The molecule has 0 saturated heterocycles. The van der Waals surface area contributed by atoms with Crippen LogP contribution in [0.4, 0.5) is 0 Å². The molecule has 0 aromatic heterocycles. The summed E-state index contributed by atoms with van der Waals surface area (Å²) in [6, 6.07) is 5.18. The van der Waals surface area contributed by atoms with Gasteiger partial charge < -0.3 is 9.64 Å².